The zero-order valence-electron chi connectivity index (χ0n) is 27.6. The summed E-state index contributed by atoms with van der Waals surface area (Å²) in [5.74, 6) is -0.159. The van der Waals surface area contributed by atoms with Crippen molar-refractivity contribution < 1.29 is 15.0 Å². The van der Waals surface area contributed by atoms with Gasteiger partial charge in [-0.05, 0) is 73.9 Å². The maximum absolute atomic E-state index is 12.5. The number of aryl methyl sites for hydroxylation is 2. The molecule has 6 nitrogen and oxygen atoms in total. The monoisotopic (exact) mass is 605 g/mol. The molecule has 0 spiro atoms. The molecule has 0 aliphatic heterocycles. The van der Waals surface area contributed by atoms with Gasteiger partial charge in [-0.1, -0.05) is 121 Å². The summed E-state index contributed by atoms with van der Waals surface area (Å²) in [6.07, 6.45) is 23.4. The summed E-state index contributed by atoms with van der Waals surface area (Å²) in [7, 11) is 0. The highest BCUT2D eigenvalue weighted by Crippen LogP contribution is 2.20. The molecule has 244 valence electrons. The van der Waals surface area contributed by atoms with Crippen LogP contribution in [-0.2, 0) is 17.6 Å². The smallest absolute Gasteiger partial charge is 0.220 e. The summed E-state index contributed by atoms with van der Waals surface area (Å²) in [5.41, 5.74) is 4.08. The fraction of sp³-hybridized carbons (Fsp3) is 0.605. The third-order valence-corrected chi connectivity index (χ3v) is 8.10. The Labute approximate surface area is 267 Å². The molecule has 44 heavy (non-hydrogen) atoms. The van der Waals surface area contributed by atoms with Gasteiger partial charge in [0.1, 0.15) is 0 Å². The van der Waals surface area contributed by atoms with Crippen molar-refractivity contribution in [3.63, 3.8) is 0 Å². The van der Waals surface area contributed by atoms with Crippen LogP contribution in [0.5, 0.6) is 0 Å². The number of aliphatic hydroxyl groups is 2. The van der Waals surface area contributed by atoms with Crippen LogP contribution in [0, 0.1) is 0 Å². The number of unbranched alkanes of at least 4 members (excludes halogenated alkanes) is 12. The zero-order valence-corrected chi connectivity index (χ0v) is 27.6. The Hall–Kier alpha value is -2.83. The second kappa shape index (κ2) is 24.5. The first-order chi connectivity index (χ1) is 21.5. The van der Waals surface area contributed by atoms with Gasteiger partial charge in [0.15, 0.2) is 0 Å². The molecule has 2 aromatic carbocycles. The molecule has 2 aromatic rings. The second-order valence-electron chi connectivity index (χ2n) is 12.1. The largest absolute Gasteiger partial charge is 0.394 e. The van der Waals surface area contributed by atoms with E-state index in [0.29, 0.717) is 12.8 Å². The first kappa shape index (κ1) is 37.4. The van der Waals surface area contributed by atoms with Crippen molar-refractivity contribution in [1.29, 1.82) is 0 Å². The van der Waals surface area contributed by atoms with Crippen LogP contribution in [-0.4, -0.2) is 34.9 Å². The van der Waals surface area contributed by atoms with Crippen LogP contribution in [0.3, 0.4) is 0 Å². The van der Waals surface area contributed by atoms with Crippen molar-refractivity contribution in [3.05, 3.63) is 71.8 Å². The number of allylic oxidation sites excluding steroid dienone is 1. The number of nitrogens with zero attached hydrogens (tertiary/aromatic N) is 2. The molecule has 0 saturated carbocycles. The summed E-state index contributed by atoms with van der Waals surface area (Å²) in [5, 5.41) is 31.6. The SMILES string of the molecule is CCCCCCCCCCCCC/C=C/[C@@H](O)[C@H](CO)NC(=O)CCCc1ccc(N=Nc2ccc(CCCC)cc2)cc1. The number of nitrogens with one attached hydrogen (secondary N) is 1. The van der Waals surface area contributed by atoms with Crippen LogP contribution in [0.4, 0.5) is 11.4 Å². The maximum Gasteiger partial charge on any atom is 0.220 e. The summed E-state index contributed by atoms with van der Waals surface area (Å²) < 4.78 is 0. The number of carbonyl (C=O) groups excluding carboxylic acids is 1. The Morgan fingerprint density at radius 3 is 1.68 bits per heavy atom. The Kier molecular flexibility index (Phi) is 20.8. The molecule has 0 radical (unpaired) electrons. The highest BCUT2D eigenvalue weighted by Gasteiger charge is 2.18. The molecule has 0 aliphatic carbocycles. The molecule has 6 heteroatoms. The lowest BCUT2D eigenvalue weighted by Crippen LogP contribution is -2.45. The Morgan fingerprint density at radius 1 is 0.705 bits per heavy atom. The lowest BCUT2D eigenvalue weighted by Gasteiger charge is -2.20. The minimum Gasteiger partial charge on any atom is -0.394 e. The lowest BCUT2D eigenvalue weighted by molar-refractivity contribution is -0.122. The molecular weight excluding hydrogens is 546 g/mol. The molecule has 0 saturated heterocycles. The van der Waals surface area contributed by atoms with Crippen LogP contribution < -0.4 is 5.32 Å². The number of hydrogen-bond acceptors (Lipinski definition) is 5. The summed E-state index contributed by atoms with van der Waals surface area (Å²) in [6, 6.07) is 15.5. The lowest BCUT2D eigenvalue weighted by atomic mass is 10.0. The molecule has 1 amide bonds. The van der Waals surface area contributed by atoms with E-state index in [1.807, 2.05) is 42.5 Å². The number of hydrogen-bond donors (Lipinski definition) is 3. The van der Waals surface area contributed by atoms with Gasteiger partial charge >= 0.3 is 0 Å². The molecule has 0 fully saturated rings. The molecule has 0 unspecified atom stereocenters. The van der Waals surface area contributed by atoms with E-state index in [9.17, 15) is 15.0 Å². The van der Waals surface area contributed by atoms with Gasteiger partial charge in [0, 0.05) is 6.42 Å². The van der Waals surface area contributed by atoms with Gasteiger partial charge in [-0.15, -0.1) is 0 Å². The molecule has 0 aliphatic rings. The molecular formula is C38H59N3O3. The Morgan fingerprint density at radius 2 is 1.18 bits per heavy atom. The third kappa shape index (κ3) is 17.5. The Balaban J connectivity index is 1.58. The first-order valence-electron chi connectivity index (χ1n) is 17.4. The minimum absolute atomic E-state index is 0.159. The number of benzene rings is 2. The van der Waals surface area contributed by atoms with Crippen LogP contribution in [0.1, 0.15) is 128 Å². The average Bonchev–Trinajstić information content (AvgIpc) is 3.04. The van der Waals surface area contributed by atoms with E-state index < -0.39 is 12.1 Å². The van der Waals surface area contributed by atoms with Gasteiger partial charge in [0.25, 0.3) is 0 Å². The van der Waals surface area contributed by atoms with Crippen LogP contribution in [0.25, 0.3) is 0 Å². The van der Waals surface area contributed by atoms with Gasteiger partial charge in [-0.3, -0.25) is 4.79 Å². The van der Waals surface area contributed by atoms with E-state index >= 15 is 0 Å². The summed E-state index contributed by atoms with van der Waals surface area (Å²) >= 11 is 0. The van der Waals surface area contributed by atoms with Crippen molar-refractivity contribution in [2.24, 2.45) is 10.2 Å². The zero-order chi connectivity index (χ0) is 31.7. The molecule has 0 aromatic heterocycles. The number of azo groups is 1. The van der Waals surface area contributed by atoms with Crippen LogP contribution in [0.15, 0.2) is 70.9 Å². The second-order valence-corrected chi connectivity index (χ2v) is 12.1. The van der Waals surface area contributed by atoms with E-state index in [0.717, 1.165) is 42.6 Å². The van der Waals surface area contributed by atoms with Gasteiger partial charge in [0.05, 0.1) is 30.1 Å². The van der Waals surface area contributed by atoms with Crippen molar-refractivity contribution in [1.82, 2.24) is 5.32 Å². The van der Waals surface area contributed by atoms with Crippen molar-refractivity contribution in [3.8, 4) is 0 Å². The number of rotatable bonds is 25. The molecule has 2 atom stereocenters. The fourth-order valence-corrected chi connectivity index (χ4v) is 5.22. The van der Waals surface area contributed by atoms with E-state index in [4.69, 9.17) is 0 Å². The van der Waals surface area contributed by atoms with Gasteiger partial charge in [0.2, 0.25) is 5.91 Å². The summed E-state index contributed by atoms with van der Waals surface area (Å²) in [4.78, 5) is 12.5. The predicted molar refractivity (Wildman–Crippen MR) is 184 cm³/mol. The van der Waals surface area contributed by atoms with Crippen molar-refractivity contribution in [2.45, 2.75) is 142 Å². The van der Waals surface area contributed by atoms with Gasteiger partial charge in [-0.2, -0.15) is 10.2 Å². The van der Waals surface area contributed by atoms with Gasteiger partial charge < -0.3 is 15.5 Å². The highest BCUT2D eigenvalue weighted by atomic mass is 16.3. The first-order valence-corrected chi connectivity index (χ1v) is 17.4. The van der Waals surface area contributed by atoms with Crippen molar-refractivity contribution in [2.75, 3.05) is 6.61 Å². The van der Waals surface area contributed by atoms with Gasteiger partial charge in [-0.25, -0.2) is 0 Å². The normalized spacial score (nSPS) is 13.1. The fourth-order valence-electron chi connectivity index (χ4n) is 5.22. The highest BCUT2D eigenvalue weighted by molar-refractivity contribution is 5.76. The minimum atomic E-state index is -0.891. The van der Waals surface area contributed by atoms with Crippen LogP contribution in [0.2, 0.25) is 0 Å². The average molecular weight is 606 g/mol. The number of carbonyl (C=O) groups is 1. The van der Waals surface area contributed by atoms with E-state index in [1.165, 1.54) is 82.6 Å². The maximum atomic E-state index is 12.5. The standard InChI is InChI=1S/C38H59N3O3/c1-3-5-7-8-9-10-11-12-13-14-15-16-17-21-37(43)36(31-42)39-38(44)22-18-20-33-25-29-35(30-26-33)41-40-34-27-23-32(24-28-34)19-6-4-2/h17,21,23-30,36-37,42-43H,3-16,18-20,22,31H2,1-2H3,(H,39,44)/b21-17+,41-40?/t36-,37+/m0/s1. The summed E-state index contributed by atoms with van der Waals surface area (Å²) in [6.45, 7) is 4.16. The van der Waals surface area contributed by atoms with E-state index in [2.05, 4.69) is 41.5 Å². The van der Waals surface area contributed by atoms with Crippen LogP contribution >= 0.6 is 0 Å². The predicted octanol–water partition coefficient (Wildman–Crippen LogP) is 9.86. The topological polar surface area (TPSA) is 94.3 Å². The van der Waals surface area contributed by atoms with E-state index in [-0.39, 0.29) is 12.5 Å². The van der Waals surface area contributed by atoms with E-state index in [1.54, 1.807) is 6.08 Å². The quantitative estimate of drug-likeness (QED) is 0.0597. The number of amides is 1. The molecule has 3 N–H and O–H groups in total. The molecule has 0 heterocycles. The Bertz CT molecular complexity index is 1050. The molecule has 0 bridgehead atoms. The molecule has 2 rings (SSSR count). The van der Waals surface area contributed by atoms with Crippen molar-refractivity contribution >= 4 is 17.3 Å². The number of aliphatic hydroxyl groups excluding tert-OH is 2. The third-order valence-electron chi connectivity index (χ3n) is 8.10.